The van der Waals surface area contributed by atoms with E-state index in [2.05, 4.69) is 39.2 Å². The fourth-order valence-electron chi connectivity index (χ4n) is 2.23. The van der Waals surface area contributed by atoms with Crippen LogP contribution in [0.3, 0.4) is 0 Å². The summed E-state index contributed by atoms with van der Waals surface area (Å²) in [5, 5.41) is 0.563. The molecule has 0 aliphatic carbocycles. The minimum Gasteiger partial charge on any atom is -0.352 e. The maximum Gasteiger partial charge on any atom is 0.239 e. The van der Waals surface area contributed by atoms with Crippen LogP contribution in [0, 0.1) is 0 Å². The summed E-state index contributed by atoms with van der Waals surface area (Å²) in [6.07, 6.45) is 2.69. The maximum atomic E-state index is 6.16. The summed E-state index contributed by atoms with van der Waals surface area (Å²) in [6.45, 7) is 5.03. The number of nitrogens with one attached hydrogen (secondary N) is 1. The Hall–Kier alpha value is -1.11. The van der Waals surface area contributed by atoms with Gasteiger partial charge in [-0.2, -0.15) is 4.98 Å². The Morgan fingerprint density at radius 2 is 2.33 bits per heavy atom. The molecule has 0 spiro atoms. The van der Waals surface area contributed by atoms with E-state index in [0.29, 0.717) is 17.0 Å². The quantitative estimate of drug-likeness (QED) is 0.629. The SMILES string of the molecule is CCC1CN(c2nc(NN)ncc2Cl)CCN1C. The minimum atomic E-state index is 0.390. The summed E-state index contributed by atoms with van der Waals surface area (Å²) in [7, 11) is 2.15. The van der Waals surface area contributed by atoms with Crippen molar-refractivity contribution < 1.29 is 0 Å². The fourth-order valence-corrected chi connectivity index (χ4v) is 2.44. The van der Waals surface area contributed by atoms with Gasteiger partial charge in [-0.05, 0) is 13.5 Å². The number of aromatic nitrogens is 2. The van der Waals surface area contributed by atoms with E-state index in [0.717, 1.165) is 31.9 Å². The third kappa shape index (κ3) is 2.66. The van der Waals surface area contributed by atoms with Gasteiger partial charge >= 0.3 is 0 Å². The first kappa shape index (κ1) is 13.3. The van der Waals surface area contributed by atoms with Crippen LogP contribution in [-0.4, -0.2) is 47.6 Å². The number of nitrogens with zero attached hydrogens (tertiary/aromatic N) is 4. The normalized spacial score (nSPS) is 21.1. The van der Waals surface area contributed by atoms with Crippen LogP contribution in [0.1, 0.15) is 13.3 Å². The van der Waals surface area contributed by atoms with Crippen molar-refractivity contribution in [3.8, 4) is 0 Å². The first-order valence-corrected chi connectivity index (χ1v) is 6.47. The number of piperazine rings is 1. The molecule has 0 amide bonds. The van der Waals surface area contributed by atoms with E-state index in [1.165, 1.54) is 0 Å². The lowest BCUT2D eigenvalue weighted by Gasteiger charge is -2.39. The van der Waals surface area contributed by atoms with Crippen molar-refractivity contribution in [1.82, 2.24) is 14.9 Å². The van der Waals surface area contributed by atoms with Crippen molar-refractivity contribution in [3.05, 3.63) is 11.2 Å². The van der Waals surface area contributed by atoms with E-state index < -0.39 is 0 Å². The molecule has 0 aromatic carbocycles. The van der Waals surface area contributed by atoms with Crippen LogP contribution in [0.4, 0.5) is 11.8 Å². The van der Waals surface area contributed by atoms with Crippen molar-refractivity contribution in [2.24, 2.45) is 5.84 Å². The monoisotopic (exact) mass is 270 g/mol. The molecule has 1 unspecified atom stereocenters. The standard InChI is InChI=1S/C11H19ClN6/c1-3-8-7-18(5-4-17(8)2)10-9(12)6-14-11(15-10)16-13/h6,8H,3-5,7,13H2,1-2H3,(H,14,15,16). The van der Waals surface area contributed by atoms with E-state index >= 15 is 0 Å². The Morgan fingerprint density at radius 3 is 3.00 bits per heavy atom. The number of halogens is 1. The lowest BCUT2D eigenvalue weighted by molar-refractivity contribution is 0.213. The Morgan fingerprint density at radius 1 is 1.56 bits per heavy atom. The molecule has 0 saturated carbocycles. The summed E-state index contributed by atoms with van der Waals surface area (Å²) in [5.74, 6) is 6.47. The molecule has 1 aliphatic rings. The molecule has 3 N–H and O–H groups in total. The van der Waals surface area contributed by atoms with Gasteiger partial charge in [0.15, 0.2) is 5.82 Å². The number of hydrogen-bond donors (Lipinski definition) is 2. The lowest BCUT2D eigenvalue weighted by atomic mass is 10.1. The van der Waals surface area contributed by atoms with Gasteiger partial charge in [-0.15, -0.1) is 0 Å². The van der Waals surface area contributed by atoms with Crippen LogP contribution < -0.4 is 16.2 Å². The molecule has 7 heteroatoms. The summed E-state index contributed by atoms with van der Waals surface area (Å²) >= 11 is 6.16. The van der Waals surface area contributed by atoms with E-state index in [9.17, 15) is 0 Å². The predicted molar refractivity (Wildman–Crippen MR) is 73.8 cm³/mol. The highest BCUT2D eigenvalue weighted by Crippen LogP contribution is 2.26. The topological polar surface area (TPSA) is 70.3 Å². The average Bonchev–Trinajstić information content (AvgIpc) is 2.40. The number of nitrogen functional groups attached to an aromatic ring is 1. The summed E-state index contributed by atoms with van der Waals surface area (Å²) < 4.78 is 0. The number of hydrazine groups is 1. The van der Waals surface area contributed by atoms with Crippen molar-refractivity contribution in [3.63, 3.8) is 0 Å². The highest BCUT2D eigenvalue weighted by atomic mass is 35.5. The van der Waals surface area contributed by atoms with Crippen molar-refractivity contribution in [2.45, 2.75) is 19.4 Å². The Kier molecular flexibility index (Phi) is 4.21. The summed E-state index contributed by atoms with van der Waals surface area (Å²) in [5.41, 5.74) is 2.45. The van der Waals surface area contributed by atoms with Gasteiger partial charge in [-0.3, -0.25) is 10.3 Å². The van der Waals surface area contributed by atoms with Gasteiger partial charge in [0.2, 0.25) is 5.95 Å². The van der Waals surface area contributed by atoms with Crippen LogP contribution in [-0.2, 0) is 0 Å². The van der Waals surface area contributed by atoms with Gasteiger partial charge in [0.25, 0.3) is 0 Å². The lowest BCUT2D eigenvalue weighted by Crippen LogP contribution is -2.51. The second-order valence-electron chi connectivity index (χ2n) is 4.50. The molecular formula is C11H19ClN6. The molecule has 1 fully saturated rings. The predicted octanol–water partition coefficient (Wildman–Crippen LogP) is 0.946. The maximum absolute atomic E-state index is 6.16. The number of anilines is 2. The number of hydrogen-bond acceptors (Lipinski definition) is 6. The number of nitrogens with two attached hydrogens (primary N) is 1. The molecule has 1 aliphatic heterocycles. The molecule has 18 heavy (non-hydrogen) atoms. The zero-order valence-corrected chi connectivity index (χ0v) is 11.5. The molecule has 1 atom stereocenters. The molecule has 2 rings (SSSR count). The van der Waals surface area contributed by atoms with Gasteiger partial charge in [0.1, 0.15) is 5.02 Å². The zero-order chi connectivity index (χ0) is 13.1. The molecule has 0 bridgehead atoms. The van der Waals surface area contributed by atoms with Crippen LogP contribution >= 0.6 is 11.6 Å². The molecule has 100 valence electrons. The molecule has 2 heterocycles. The van der Waals surface area contributed by atoms with Crippen molar-refractivity contribution in [1.29, 1.82) is 0 Å². The van der Waals surface area contributed by atoms with E-state index in [1.54, 1.807) is 6.20 Å². The Bertz CT molecular complexity index is 413. The zero-order valence-electron chi connectivity index (χ0n) is 10.7. The van der Waals surface area contributed by atoms with Gasteiger partial charge in [0.05, 0.1) is 6.20 Å². The molecule has 1 aromatic heterocycles. The van der Waals surface area contributed by atoms with Crippen LogP contribution in [0.2, 0.25) is 5.02 Å². The van der Waals surface area contributed by atoms with Crippen molar-refractivity contribution >= 4 is 23.4 Å². The van der Waals surface area contributed by atoms with Crippen LogP contribution in [0.15, 0.2) is 6.20 Å². The van der Waals surface area contributed by atoms with Crippen LogP contribution in [0.5, 0.6) is 0 Å². The van der Waals surface area contributed by atoms with Crippen molar-refractivity contribution in [2.75, 3.05) is 37.0 Å². The summed E-state index contributed by atoms with van der Waals surface area (Å²) in [6, 6.07) is 0.527. The van der Waals surface area contributed by atoms with Gasteiger partial charge < -0.3 is 4.90 Å². The first-order chi connectivity index (χ1) is 8.65. The third-order valence-electron chi connectivity index (χ3n) is 3.40. The second-order valence-corrected chi connectivity index (χ2v) is 4.91. The first-order valence-electron chi connectivity index (χ1n) is 6.10. The highest BCUT2D eigenvalue weighted by molar-refractivity contribution is 6.32. The molecule has 1 aromatic rings. The summed E-state index contributed by atoms with van der Waals surface area (Å²) in [4.78, 5) is 12.9. The molecule has 6 nitrogen and oxygen atoms in total. The van der Waals surface area contributed by atoms with E-state index in [4.69, 9.17) is 17.4 Å². The van der Waals surface area contributed by atoms with Gasteiger partial charge in [-0.25, -0.2) is 10.8 Å². The number of rotatable bonds is 3. The van der Waals surface area contributed by atoms with E-state index in [-0.39, 0.29) is 0 Å². The van der Waals surface area contributed by atoms with Gasteiger partial charge in [-0.1, -0.05) is 18.5 Å². The largest absolute Gasteiger partial charge is 0.352 e. The average molecular weight is 271 g/mol. The molecule has 1 saturated heterocycles. The smallest absolute Gasteiger partial charge is 0.239 e. The number of likely N-dealkylation sites (N-methyl/N-ethyl adjacent to an activating group) is 1. The second kappa shape index (κ2) is 5.69. The highest BCUT2D eigenvalue weighted by Gasteiger charge is 2.25. The third-order valence-corrected chi connectivity index (χ3v) is 3.67. The van der Waals surface area contributed by atoms with Gasteiger partial charge in [0, 0.05) is 25.7 Å². The van der Waals surface area contributed by atoms with E-state index in [1.807, 2.05) is 0 Å². The van der Waals surface area contributed by atoms with Crippen LogP contribution in [0.25, 0.3) is 0 Å². The molecule has 0 radical (unpaired) electrons. The fraction of sp³-hybridized carbons (Fsp3) is 0.636. The Labute approximate surface area is 112 Å². The Balaban J connectivity index is 2.20. The molecular weight excluding hydrogens is 252 g/mol. The minimum absolute atomic E-state index is 0.390.